The van der Waals surface area contributed by atoms with Crippen molar-refractivity contribution in [1.82, 2.24) is 9.78 Å². The number of hydrogen-bond donors (Lipinski definition) is 1. The number of nitrogens with one attached hydrogen (secondary N) is 1. The summed E-state index contributed by atoms with van der Waals surface area (Å²) in [5, 5.41) is 17.8. The van der Waals surface area contributed by atoms with Gasteiger partial charge in [0, 0.05) is 30.3 Å². The minimum absolute atomic E-state index is 0.0994. The van der Waals surface area contributed by atoms with Crippen molar-refractivity contribution < 1.29 is 19.2 Å². The largest absolute Gasteiger partial charge is 0.448 e. The van der Waals surface area contributed by atoms with E-state index in [-0.39, 0.29) is 22.6 Å². The Labute approximate surface area is 163 Å². The molecule has 10 nitrogen and oxygen atoms in total. The van der Waals surface area contributed by atoms with Crippen LogP contribution in [-0.4, -0.2) is 32.7 Å². The first-order valence-corrected chi connectivity index (χ1v) is 8.50. The van der Waals surface area contributed by atoms with Gasteiger partial charge in [-0.2, -0.15) is 5.10 Å². The summed E-state index contributed by atoms with van der Waals surface area (Å²) in [6.45, 7) is 1.36. The number of rotatable bonds is 5. The Morgan fingerprint density at radius 2 is 1.86 bits per heavy atom. The van der Waals surface area contributed by atoms with E-state index < -0.39 is 22.9 Å². The lowest BCUT2D eigenvalue weighted by atomic mass is 10.1. The molecular formula is C19H16N4O6. The SMILES string of the molecule is C[C@H](OC(=O)c1nn(C)c(=O)c2ccccc12)C(=O)Nc1cccc([N+](=O)[O-])c1. The highest BCUT2D eigenvalue weighted by Gasteiger charge is 2.23. The molecule has 3 aromatic rings. The molecule has 148 valence electrons. The van der Waals surface area contributed by atoms with E-state index in [1.807, 2.05) is 0 Å². The number of aromatic nitrogens is 2. The molecule has 29 heavy (non-hydrogen) atoms. The van der Waals surface area contributed by atoms with Crippen LogP contribution in [0.25, 0.3) is 10.8 Å². The molecule has 10 heteroatoms. The van der Waals surface area contributed by atoms with E-state index in [4.69, 9.17) is 4.74 Å². The standard InChI is InChI=1S/C19H16N4O6/c1-11(17(24)20-12-6-5-7-13(10-12)23(27)28)29-19(26)16-14-8-3-4-9-15(14)18(25)22(2)21-16/h3-11H,1-2H3,(H,20,24)/t11-/m0/s1. The Bertz CT molecular complexity index is 1190. The number of carbonyl (C=O) groups is 2. The Morgan fingerprint density at radius 1 is 1.17 bits per heavy atom. The first-order valence-electron chi connectivity index (χ1n) is 8.50. The Morgan fingerprint density at radius 3 is 2.55 bits per heavy atom. The monoisotopic (exact) mass is 396 g/mol. The van der Waals surface area contributed by atoms with Crippen LogP contribution in [0.4, 0.5) is 11.4 Å². The molecule has 0 spiro atoms. The Kier molecular flexibility index (Phi) is 5.35. The molecule has 2 aromatic carbocycles. The highest BCUT2D eigenvalue weighted by atomic mass is 16.6. The molecule has 0 saturated heterocycles. The van der Waals surface area contributed by atoms with Gasteiger partial charge in [-0.3, -0.25) is 19.7 Å². The lowest BCUT2D eigenvalue weighted by Crippen LogP contribution is -2.31. The number of ether oxygens (including phenoxy) is 1. The maximum Gasteiger partial charge on any atom is 0.360 e. The zero-order valence-corrected chi connectivity index (χ0v) is 15.5. The molecule has 1 heterocycles. The van der Waals surface area contributed by atoms with Crippen molar-refractivity contribution >= 4 is 34.0 Å². The van der Waals surface area contributed by atoms with Crippen LogP contribution < -0.4 is 10.9 Å². The van der Waals surface area contributed by atoms with E-state index in [0.29, 0.717) is 10.8 Å². The second-order valence-corrected chi connectivity index (χ2v) is 6.17. The van der Waals surface area contributed by atoms with E-state index in [2.05, 4.69) is 10.4 Å². The highest BCUT2D eigenvalue weighted by molar-refractivity contribution is 6.03. The van der Waals surface area contributed by atoms with Gasteiger partial charge in [0.2, 0.25) is 0 Å². The van der Waals surface area contributed by atoms with E-state index >= 15 is 0 Å². The summed E-state index contributed by atoms with van der Waals surface area (Å²) in [6, 6.07) is 11.8. The number of nitrogens with zero attached hydrogens (tertiary/aromatic N) is 3. The second kappa shape index (κ2) is 7.89. The molecule has 0 bridgehead atoms. The van der Waals surface area contributed by atoms with Crippen LogP contribution in [0.15, 0.2) is 53.3 Å². The molecule has 3 rings (SSSR count). The number of benzene rings is 2. The second-order valence-electron chi connectivity index (χ2n) is 6.17. The number of carbonyl (C=O) groups excluding carboxylic acids is 2. The molecule has 0 aliphatic rings. The normalized spacial score (nSPS) is 11.7. The number of esters is 1. The number of hydrogen-bond acceptors (Lipinski definition) is 7. The fraction of sp³-hybridized carbons (Fsp3) is 0.158. The third-order valence-electron chi connectivity index (χ3n) is 4.13. The van der Waals surface area contributed by atoms with E-state index in [0.717, 1.165) is 4.68 Å². The molecule has 0 radical (unpaired) electrons. The molecule has 1 amide bonds. The van der Waals surface area contributed by atoms with Gasteiger partial charge in [0.1, 0.15) is 0 Å². The summed E-state index contributed by atoms with van der Waals surface area (Å²) in [5.74, 6) is -1.55. The van der Waals surface area contributed by atoms with E-state index in [1.54, 1.807) is 24.3 Å². The first-order chi connectivity index (χ1) is 13.8. The minimum atomic E-state index is -1.21. The van der Waals surface area contributed by atoms with Crippen molar-refractivity contribution in [2.24, 2.45) is 7.05 Å². The fourth-order valence-corrected chi connectivity index (χ4v) is 2.66. The molecule has 0 saturated carbocycles. The van der Waals surface area contributed by atoms with E-state index in [9.17, 15) is 24.5 Å². The summed E-state index contributed by atoms with van der Waals surface area (Å²) in [6.07, 6.45) is -1.21. The number of anilines is 1. The topological polar surface area (TPSA) is 133 Å². The average Bonchev–Trinajstić information content (AvgIpc) is 2.70. The minimum Gasteiger partial charge on any atom is -0.448 e. The number of amides is 1. The smallest absolute Gasteiger partial charge is 0.360 e. The van der Waals surface area contributed by atoms with Crippen LogP contribution in [0.2, 0.25) is 0 Å². The van der Waals surface area contributed by atoms with Crippen LogP contribution in [0.1, 0.15) is 17.4 Å². The predicted octanol–water partition coefficient (Wildman–Crippen LogP) is 2.03. The zero-order valence-electron chi connectivity index (χ0n) is 15.5. The maximum atomic E-state index is 12.6. The number of nitro groups is 1. The van der Waals surface area contributed by atoms with Crippen molar-refractivity contribution in [2.45, 2.75) is 13.0 Å². The quantitative estimate of drug-likeness (QED) is 0.396. The van der Waals surface area contributed by atoms with Gasteiger partial charge >= 0.3 is 5.97 Å². The van der Waals surface area contributed by atoms with Crippen molar-refractivity contribution in [2.75, 3.05) is 5.32 Å². The van der Waals surface area contributed by atoms with Crippen molar-refractivity contribution in [3.05, 3.63) is 74.7 Å². The molecule has 0 aliphatic heterocycles. The van der Waals surface area contributed by atoms with Crippen molar-refractivity contribution in [1.29, 1.82) is 0 Å². The molecule has 1 N–H and O–H groups in total. The molecule has 1 atom stereocenters. The lowest BCUT2D eigenvalue weighted by molar-refractivity contribution is -0.384. The summed E-state index contributed by atoms with van der Waals surface area (Å²) in [7, 11) is 1.41. The van der Waals surface area contributed by atoms with Gasteiger partial charge in [0.25, 0.3) is 17.2 Å². The average molecular weight is 396 g/mol. The summed E-state index contributed by atoms with van der Waals surface area (Å²) >= 11 is 0. The van der Waals surface area contributed by atoms with Crippen molar-refractivity contribution in [3.63, 3.8) is 0 Å². The molecule has 1 aromatic heterocycles. The van der Waals surface area contributed by atoms with Crippen LogP contribution in [0, 0.1) is 10.1 Å². The molecule has 0 unspecified atom stereocenters. The van der Waals surface area contributed by atoms with Crippen LogP contribution in [0.5, 0.6) is 0 Å². The lowest BCUT2D eigenvalue weighted by Gasteiger charge is -2.14. The van der Waals surface area contributed by atoms with Crippen LogP contribution >= 0.6 is 0 Å². The van der Waals surface area contributed by atoms with Crippen LogP contribution in [0.3, 0.4) is 0 Å². The summed E-state index contributed by atoms with van der Waals surface area (Å²) < 4.78 is 6.21. The third-order valence-corrected chi connectivity index (χ3v) is 4.13. The summed E-state index contributed by atoms with van der Waals surface area (Å²) in [4.78, 5) is 47.3. The number of non-ortho nitro benzene ring substituents is 1. The van der Waals surface area contributed by atoms with Gasteiger partial charge < -0.3 is 10.1 Å². The van der Waals surface area contributed by atoms with Gasteiger partial charge in [-0.25, -0.2) is 9.48 Å². The number of aryl methyl sites for hydroxylation is 1. The molecule has 0 fully saturated rings. The molecular weight excluding hydrogens is 380 g/mol. The van der Waals surface area contributed by atoms with Gasteiger partial charge in [0.15, 0.2) is 11.8 Å². The number of fused-ring (bicyclic) bond motifs is 1. The van der Waals surface area contributed by atoms with Gasteiger partial charge in [-0.15, -0.1) is 0 Å². The predicted molar refractivity (Wildman–Crippen MR) is 104 cm³/mol. The van der Waals surface area contributed by atoms with Gasteiger partial charge in [-0.1, -0.05) is 24.3 Å². The maximum absolute atomic E-state index is 12.6. The Balaban J connectivity index is 1.79. The molecule has 0 aliphatic carbocycles. The van der Waals surface area contributed by atoms with Crippen LogP contribution in [-0.2, 0) is 16.6 Å². The highest BCUT2D eigenvalue weighted by Crippen LogP contribution is 2.18. The van der Waals surface area contributed by atoms with Gasteiger partial charge in [0.05, 0.1) is 10.3 Å². The summed E-state index contributed by atoms with van der Waals surface area (Å²) in [5.41, 5.74) is -0.461. The van der Waals surface area contributed by atoms with E-state index in [1.165, 1.54) is 38.2 Å². The number of nitro benzene ring substituents is 1. The van der Waals surface area contributed by atoms with Gasteiger partial charge in [-0.05, 0) is 19.1 Å². The Hall–Kier alpha value is -4.08. The fourth-order valence-electron chi connectivity index (χ4n) is 2.66. The third kappa shape index (κ3) is 4.10. The zero-order chi connectivity index (χ0) is 21.1. The first kappa shape index (κ1) is 19.7. The van der Waals surface area contributed by atoms with Crippen molar-refractivity contribution in [3.8, 4) is 0 Å².